The van der Waals surface area contributed by atoms with Crippen molar-refractivity contribution in [2.75, 3.05) is 20.6 Å². The number of nitrogens with zero attached hydrogens (tertiary/aromatic N) is 1. The van der Waals surface area contributed by atoms with Crippen molar-refractivity contribution in [1.82, 2.24) is 15.5 Å². The standard InChI is InChI=1S/C15H21N3O2S/c1-11(14-7-5-9-21-14)17-15(19)16-10-12(18(2)3)13-6-4-8-20-13/h4-9,11-12H,10H2,1-3H3,(H2,16,17,19)/t11-,12-/m0/s1. The van der Waals surface area contributed by atoms with Crippen molar-refractivity contribution >= 4 is 17.4 Å². The molecule has 0 spiro atoms. The van der Waals surface area contributed by atoms with Crippen LogP contribution in [-0.4, -0.2) is 31.6 Å². The molecule has 0 saturated carbocycles. The molecule has 6 heteroatoms. The normalized spacial score (nSPS) is 13.9. The highest BCUT2D eigenvalue weighted by Crippen LogP contribution is 2.19. The molecule has 2 aromatic rings. The Bertz CT molecular complexity index is 537. The lowest BCUT2D eigenvalue weighted by Crippen LogP contribution is -2.41. The number of likely N-dealkylation sites (N-methyl/N-ethyl adjacent to an activating group) is 1. The number of urea groups is 1. The van der Waals surface area contributed by atoms with Gasteiger partial charge < -0.3 is 15.1 Å². The SMILES string of the molecule is C[C@H](NC(=O)NC[C@@H](c1ccco1)N(C)C)c1cccs1. The van der Waals surface area contributed by atoms with E-state index in [1.165, 1.54) is 0 Å². The van der Waals surface area contributed by atoms with E-state index in [2.05, 4.69) is 10.6 Å². The molecule has 0 unspecified atom stereocenters. The molecule has 0 aliphatic carbocycles. The highest BCUT2D eigenvalue weighted by molar-refractivity contribution is 7.10. The van der Waals surface area contributed by atoms with Crippen LogP contribution in [-0.2, 0) is 0 Å². The first-order valence-corrected chi connectivity index (χ1v) is 7.73. The summed E-state index contributed by atoms with van der Waals surface area (Å²) in [6.07, 6.45) is 1.64. The first-order chi connectivity index (χ1) is 10.1. The summed E-state index contributed by atoms with van der Waals surface area (Å²) in [4.78, 5) is 15.1. The second-order valence-electron chi connectivity index (χ2n) is 5.09. The molecule has 0 aliphatic heterocycles. The first-order valence-electron chi connectivity index (χ1n) is 6.85. The van der Waals surface area contributed by atoms with Gasteiger partial charge in [0.25, 0.3) is 0 Å². The lowest BCUT2D eigenvalue weighted by atomic mass is 10.2. The zero-order valence-electron chi connectivity index (χ0n) is 12.5. The van der Waals surface area contributed by atoms with Crippen molar-refractivity contribution in [3.63, 3.8) is 0 Å². The maximum Gasteiger partial charge on any atom is 0.315 e. The summed E-state index contributed by atoms with van der Waals surface area (Å²) in [7, 11) is 3.92. The zero-order valence-corrected chi connectivity index (χ0v) is 13.3. The van der Waals surface area contributed by atoms with Gasteiger partial charge in [-0.05, 0) is 44.6 Å². The summed E-state index contributed by atoms with van der Waals surface area (Å²) < 4.78 is 5.42. The Hall–Kier alpha value is -1.79. The van der Waals surface area contributed by atoms with Crippen LogP contribution in [0.25, 0.3) is 0 Å². The fourth-order valence-corrected chi connectivity index (χ4v) is 2.80. The quantitative estimate of drug-likeness (QED) is 0.862. The maximum atomic E-state index is 12.0. The molecule has 0 aliphatic rings. The summed E-state index contributed by atoms with van der Waals surface area (Å²) in [6.45, 7) is 2.46. The molecule has 2 rings (SSSR count). The van der Waals surface area contributed by atoms with Crippen LogP contribution in [0.15, 0.2) is 40.3 Å². The van der Waals surface area contributed by atoms with E-state index in [0.717, 1.165) is 10.6 Å². The lowest BCUT2D eigenvalue weighted by Gasteiger charge is -2.23. The van der Waals surface area contributed by atoms with Crippen LogP contribution in [0.3, 0.4) is 0 Å². The number of hydrogen-bond acceptors (Lipinski definition) is 4. The monoisotopic (exact) mass is 307 g/mol. The third-order valence-electron chi connectivity index (χ3n) is 3.27. The van der Waals surface area contributed by atoms with Gasteiger partial charge in [-0.3, -0.25) is 4.90 Å². The summed E-state index contributed by atoms with van der Waals surface area (Å²) in [5, 5.41) is 7.84. The molecular weight excluding hydrogens is 286 g/mol. The Morgan fingerprint density at radius 2 is 2.19 bits per heavy atom. The third-order valence-corrected chi connectivity index (χ3v) is 4.32. The summed E-state index contributed by atoms with van der Waals surface area (Å²) >= 11 is 1.63. The predicted octanol–water partition coefficient (Wildman–Crippen LogP) is 3.00. The zero-order chi connectivity index (χ0) is 15.2. The minimum absolute atomic E-state index is 0.00594. The van der Waals surface area contributed by atoms with Crippen molar-refractivity contribution in [3.8, 4) is 0 Å². The van der Waals surface area contributed by atoms with Crippen LogP contribution in [0.4, 0.5) is 4.79 Å². The molecule has 21 heavy (non-hydrogen) atoms. The number of rotatable bonds is 6. The van der Waals surface area contributed by atoms with Crippen molar-refractivity contribution in [2.45, 2.75) is 19.0 Å². The third kappa shape index (κ3) is 4.34. The van der Waals surface area contributed by atoms with E-state index in [-0.39, 0.29) is 18.1 Å². The van der Waals surface area contributed by atoms with E-state index >= 15 is 0 Å². The number of carbonyl (C=O) groups is 1. The molecule has 2 aromatic heterocycles. The molecule has 2 heterocycles. The average Bonchev–Trinajstić information content (AvgIpc) is 3.12. The van der Waals surface area contributed by atoms with E-state index in [9.17, 15) is 4.79 Å². The fourth-order valence-electron chi connectivity index (χ4n) is 2.06. The molecule has 0 aromatic carbocycles. The van der Waals surface area contributed by atoms with Gasteiger partial charge in [0.05, 0.1) is 18.3 Å². The Kier molecular flexibility index (Phi) is 5.41. The van der Waals surface area contributed by atoms with Gasteiger partial charge in [-0.15, -0.1) is 11.3 Å². The second kappa shape index (κ2) is 7.28. The lowest BCUT2D eigenvalue weighted by molar-refractivity contribution is 0.223. The van der Waals surface area contributed by atoms with Crippen molar-refractivity contribution < 1.29 is 9.21 Å². The second-order valence-corrected chi connectivity index (χ2v) is 6.07. The molecule has 0 fully saturated rings. The number of carbonyl (C=O) groups excluding carboxylic acids is 1. The van der Waals surface area contributed by atoms with Crippen molar-refractivity contribution in [2.24, 2.45) is 0 Å². The van der Waals surface area contributed by atoms with E-state index in [4.69, 9.17) is 4.42 Å². The molecular formula is C15H21N3O2S. The highest BCUT2D eigenvalue weighted by atomic mass is 32.1. The molecule has 2 atom stereocenters. The van der Waals surface area contributed by atoms with Gasteiger partial charge in [-0.2, -0.15) is 0 Å². The van der Waals surface area contributed by atoms with Gasteiger partial charge in [-0.1, -0.05) is 6.07 Å². The largest absolute Gasteiger partial charge is 0.468 e. The number of nitrogens with one attached hydrogen (secondary N) is 2. The first kappa shape index (κ1) is 15.6. The summed E-state index contributed by atoms with van der Waals surface area (Å²) in [5.41, 5.74) is 0. The van der Waals surface area contributed by atoms with Gasteiger partial charge in [0.2, 0.25) is 0 Å². The number of thiophene rings is 1. The van der Waals surface area contributed by atoms with Gasteiger partial charge in [-0.25, -0.2) is 4.79 Å². The topological polar surface area (TPSA) is 57.5 Å². The van der Waals surface area contributed by atoms with E-state index in [1.54, 1.807) is 17.6 Å². The molecule has 2 N–H and O–H groups in total. The predicted molar refractivity (Wildman–Crippen MR) is 84.4 cm³/mol. The van der Waals surface area contributed by atoms with Crippen molar-refractivity contribution in [1.29, 1.82) is 0 Å². The summed E-state index contributed by atoms with van der Waals surface area (Å²) in [5.74, 6) is 0.839. The Balaban J connectivity index is 1.85. The molecule has 5 nitrogen and oxygen atoms in total. The Labute approximate surface area is 128 Å². The number of hydrogen-bond donors (Lipinski definition) is 2. The Morgan fingerprint density at radius 3 is 2.76 bits per heavy atom. The molecule has 0 bridgehead atoms. The van der Waals surface area contributed by atoms with Crippen LogP contribution in [0.1, 0.15) is 29.6 Å². The average molecular weight is 307 g/mol. The number of amides is 2. The molecule has 0 saturated heterocycles. The van der Waals surface area contributed by atoms with Gasteiger partial charge in [0.15, 0.2) is 0 Å². The van der Waals surface area contributed by atoms with Gasteiger partial charge >= 0.3 is 6.03 Å². The van der Waals surface area contributed by atoms with Gasteiger partial charge in [0.1, 0.15) is 5.76 Å². The van der Waals surface area contributed by atoms with Crippen molar-refractivity contribution in [3.05, 3.63) is 46.5 Å². The maximum absolute atomic E-state index is 12.0. The van der Waals surface area contributed by atoms with Crippen LogP contribution >= 0.6 is 11.3 Å². The van der Waals surface area contributed by atoms with Gasteiger partial charge in [0, 0.05) is 11.4 Å². The van der Waals surface area contributed by atoms with Crippen LogP contribution < -0.4 is 10.6 Å². The summed E-state index contributed by atoms with van der Waals surface area (Å²) in [6, 6.07) is 7.61. The molecule has 114 valence electrons. The van der Waals surface area contributed by atoms with E-state index in [0.29, 0.717) is 6.54 Å². The minimum Gasteiger partial charge on any atom is -0.468 e. The van der Waals surface area contributed by atoms with E-state index in [1.807, 2.05) is 55.6 Å². The number of furan rings is 1. The highest BCUT2D eigenvalue weighted by Gasteiger charge is 2.18. The molecule has 0 radical (unpaired) electrons. The fraction of sp³-hybridized carbons (Fsp3) is 0.400. The van der Waals surface area contributed by atoms with Crippen LogP contribution in [0.2, 0.25) is 0 Å². The van der Waals surface area contributed by atoms with E-state index < -0.39 is 0 Å². The van der Waals surface area contributed by atoms with Crippen LogP contribution in [0.5, 0.6) is 0 Å². The van der Waals surface area contributed by atoms with Crippen LogP contribution in [0, 0.1) is 0 Å². The Morgan fingerprint density at radius 1 is 1.38 bits per heavy atom. The molecule has 2 amide bonds. The smallest absolute Gasteiger partial charge is 0.315 e. The minimum atomic E-state index is -0.172.